The standard InChI is InChI=1S/C18H21ClN2O2/c1-11(22)20-15-8-13-10-21(23-18(2,3)4)9-12-6-5-7-14(16(12)13)17(15)19/h5-9,17H,10H2,1-4H3,(H,20,22). The second kappa shape index (κ2) is 5.69. The van der Waals surface area contributed by atoms with E-state index >= 15 is 0 Å². The van der Waals surface area contributed by atoms with Gasteiger partial charge in [-0.3, -0.25) is 14.7 Å². The average molecular weight is 333 g/mol. The molecule has 1 aliphatic carbocycles. The lowest BCUT2D eigenvalue weighted by molar-refractivity contribution is -0.179. The number of allylic oxidation sites excluding steroid dienone is 1. The molecule has 0 spiro atoms. The van der Waals surface area contributed by atoms with Gasteiger partial charge in [0.25, 0.3) is 0 Å². The van der Waals surface area contributed by atoms with Crippen LogP contribution in [-0.2, 0) is 9.63 Å². The van der Waals surface area contributed by atoms with Crippen LogP contribution in [0.2, 0.25) is 0 Å². The van der Waals surface area contributed by atoms with E-state index in [1.165, 1.54) is 6.92 Å². The summed E-state index contributed by atoms with van der Waals surface area (Å²) in [5, 5.41) is 6.57. The van der Waals surface area contributed by atoms with Crippen LogP contribution in [0.3, 0.4) is 0 Å². The van der Waals surface area contributed by atoms with Crippen LogP contribution in [-0.4, -0.2) is 23.1 Å². The first kappa shape index (κ1) is 16.1. The highest BCUT2D eigenvalue weighted by Gasteiger charge is 2.26. The Labute approximate surface area is 141 Å². The van der Waals surface area contributed by atoms with Crippen LogP contribution < -0.4 is 15.8 Å². The summed E-state index contributed by atoms with van der Waals surface area (Å²) < 4.78 is 0. The third-order valence-electron chi connectivity index (χ3n) is 3.65. The minimum atomic E-state index is -0.346. The molecule has 2 aliphatic rings. The molecule has 1 aromatic rings. The Balaban J connectivity index is 2.10. The Morgan fingerprint density at radius 1 is 1.39 bits per heavy atom. The summed E-state index contributed by atoms with van der Waals surface area (Å²) in [6.07, 6.45) is 3.98. The van der Waals surface area contributed by atoms with Gasteiger partial charge in [0.2, 0.25) is 5.91 Å². The number of nitrogens with zero attached hydrogens (tertiary/aromatic N) is 1. The second-order valence-corrected chi connectivity index (χ2v) is 7.32. The number of hydrogen-bond donors (Lipinski definition) is 1. The monoisotopic (exact) mass is 332 g/mol. The molecule has 1 heterocycles. The van der Waals surface area contributed by atoms with Crippen molar-refractivity contribution >= 4 is 29.3 Å². The first-order valence-corrected chi connectivity index (χ1v) is 8.11. The molecule has 0 aromatic heterocycles. The third kappa shape index (κ3) is 3.28. The van der Waals surface area contributed by atoms with Gasteiger partial charge in [0.1, 0.15) is 0 Å². The van der Waals surface area contributed by atoms with Crippen molar-refractivity contribution in [3.8, 4) is 0 Å². The van der Waals surface area contributed by atoms with Crippen molar-refractivity contribution in [2.45, 2.75) is 38.7 Å². The number of alkyl halides is 1. The number of carbonyl (C=O) groups is 1. The van der Waals surface area contributed by atoms with Crippen LogP contribution in [0.1, 0.15) is 38.6 Å². The highest BCUT2D eigenvalue weighted by Crippen LogP contribution is 2.30. The molecule has 1 N–H and O–H groups in total. The lowest BCUT2D eigenvalue weighted by Crippen LogP contribution is -2.45. The van der Waals surface area contributed by atoms with Gasteiger partial charge < -0.3 is 5.32 Å². The number of hydrogen-bond acceptors (Lipinski definition) is 3. The smallest absolute Gasteiger partial charge is 0.221 e. The van der Waals surface area contributed by atoms with Crippen molar-refractivity contribution in [1.29, 1.82) is 0 Å². The third-order valence-corrected chi connectivity index (χ3v) is 4.12. The SMILES string of the molecule is CC(=O)NC1=CC2=c3c(cccc3=CN(OC(C)(C)C)C2)C1Cl. The predicted molar refractivity (Wildman–Crippen MR) is 91.6 cm³/mol. The summed E-state index contributed by atoms with van der Waals surface area (Å²) in [5.74, 6) is -0.118. The Morgan fingerprint density at radius 3 is 2.78 bits per heavy atom. The lowest BCUT2D eigenvalue weighted by Gasteiger charge is -2.33. The first-order chi connectivity index (χ1) is 10.7. The van der Waals surface area contributed by atoms with Crippen LogP contribution in [0.5, 0.6) is 0 Å². The molecule has 1 atom stereocenters. The topological polar surface area (TPSA) is 41.6 Å². The van der Waals surface area contributed by atoms with Crippen molar-refractivity contribution in [3.63, 3.8) is 0 Å². The minimum Gasteiger partial charge on any atom is -0.328 e. The number of nitrogens with one attached hydrogen (secondary N) is 1. The maximum absolute atomic E-state index is 11.4. The Morgan fingerprint density at radius 2 is 2.13 bits per heavy atom. The number of amides is 1. The molecule has 122 valence electrons. The molecule has 5 heteroatoms. The van der Waals surface area contributed by atoms with Crippen LogP contribution in [0, 0.1) is 0 Å². The molecule has 0 bridgehead atoms. The number of carbonyl (C=O) groups excluding carboxylic acids is 1. The van der Waals surface area contributed by atoms with Gasteiger partial charge in [-0.05, 0) is 43.2 Å². The van der Waals surface area contributed by atoms with Crippen LogP contribution in [0.15, 0.2) is 30.0 Å². The summed E-state index contributed by atoms with van der Waals surface area (Å²) in [6.45, 7) is 8.17. The fourth-order valence-corrected chi connectivity index (χ4v) is 3.28. The Hall–Kier alpha value is -1.78. The van der Waals surface area contributed by atoms with Gasteiger partial charge in [0.15, 0.2) is 0 Å². The van der Waals surface area contributed by atoms with Crippen LogP contribution in [0.25, 0.3) is 11.8 Å². The molecule has 1 aliphatic heterocycles. The molecule has 1 unspecified atom stereocenters. The number of rotatable bonds is 2. The van der Waals surface area contributed by atoms with E-state index in [4.69, 9.17) is 16.4 Å². The normalized spacial score (nSPS) is 19.7. The maximum atomic E-state index is 11.4. The zero-order valence-electron chi connectivity index (χ0n) is 13.8. The lowest BCUT2D eigenvalue weighted by atomic mass is 9.93. The van der Waals surface area contributed by atoms with Gasteiger partial charge >= 0.3 is 0 Å². The Bertz CT molecular complexity index is 805. The van der Waals surface area contributed by atoms with Crippen LogP contribution >= 0.6 is 11.6 Å². The summed E-state index contributed by atoms with van der Waals surface area (Å²) >= 11 is 6.56. The maximum Gasteiger partial charge on any atom is 0.221 e. The van der Waals surface area contributed by atoms with Crippen molar-refractivity contribution < 1.29 is 9.63 Å². The number of halogens is 1. The van der Waals surface area contributed by atoms with E-state index in [1.807, 2.05) is 50.2 Å². The minimum absolute atomic E-state index is 0.118. The molecule has 23 heavy (non-hydrogen) atoms. The molecule has 4 nitrogen and oxygen atoms in total. The van der Waals surface area contributed by atoms with E-state index in [1.54, 1.807) is 0 Å². The van der Waals surface area contributed by atoms with E-state index in [0.717, 1.165) is 27.3 Å². The summed E-state index contributed by atoms with van der Waals surface area (Å²) in [4.78, 5) is 17.4. The van der Waals surface area contributed by atoms with Gasteiger partial charge in [-0.15, -0.1) is 11.6 Å². The summed E-state index contributed by atoms with van der Waals surface area (Å²) in [5.41, 5.74) is 2.57. The molecular weight excluding hydrogens is 312 g/mol. The molecule has 3 rings (SSSR count). The molecule has 0 saturated carbocycles. The fourth-order valence-electron chi connectivity index (χ4n) is 2.99. The first-order valence-electron chi connectivity index (χ1n) is 7.67. The molecular formula is C18H21ClN2O2. The highest BCUT2D eigenvalue weighted by atomic mass is 35.5. The zero-order chi connectivity index (χ0) is 16.8. The van der Waals surface area contributed by atoms with Gasteiger partial charge in [0.05, 0.1) is 17.5 Å². The van der Waals surface area contributed by atoms with E-state index in [9.17, 15) is 4.79 Å². The van der Waals surface area contributed by atoms with E-state index in [-0.39, 0.29) is 16.9 Å². The quantitative estimate of drug-likeness (QED) is 0.842. The average Bonchev–Trinajstić information content (AvgIpc) is 2.41. The van der Waals surface area contributed by atoms with Crippen molar-refractivity contribution in [2.75, 3.05) is 6.54 Å². The zero-order valence-corrected chi connectivity index (χ0v) is 14.6. The molecule has 1 amide bonds. The van der Waals surface area contributed by atoms with Crippen molar-refractivity contribution in [3.05, 3.63) is 46.0 Å². The fraction of sp³-hybridized carbons (Fsp3) is 0.389. The molecule has 0 fully saturated rings. The Kier molecular flexibility index (Phi) is 3.98. The summed E-state index contributed by atoms with van der Waals surface area (Å²) in [7, 11) is 0. The van der Waals surface area contributed by atoms with E-state index in [0.29, 0.717) is 6.54 Å². The van der Waals surface area contributed by atoms with Crippen molar-refractivity contribution in [1.82, 2.24) is 10.4 Å². The number of hydroxylamine groups is 2. The van der Waals surface area contributed by atoms with E-state index < -0.39 is 0 Å². The van der Waals surface area contributed by atoms with Gasteiger partial charge in [0, 0.05) is 24.0 Å². The van der Waals surface area contributed by atoms with Crippen LogP contribution in [0.4, 0.5) is 0 Å². The largest absolute Gasteiger partial charge is 0.328 e. The van der Waals surface area contributed by atoms with E-state index in [2.05, 4.69) is 11.4 Å². The molecule has 0 radical (unpaired) electrons. The second-order valence-electron chi connectivity index (χ2n) is 6.89. The number of benzene rings is 1. The predicted octanol–water partition coefficient (Wildman–Crippen LogP) is 1.93. The van der Waals surface area contributed by atoms with Gasteiger partial charge in [-0.2, -0.15) is 0 Å². The van der Waals surface area contributed by atoms with Crippen molar-refractivity contribution in [2.24, 2.45) is 0 Å². The molecule has 1 aromatic carbocycles. The van der Waals surface area contributed by atoms with Gasteiger partial charge in [-0.1, -0.05) is 18.2 Å². The van der Waals surface area contributed by atoms with Gasteiger partial charge in [-0.25, -0.2) is 0 Å². The molecule has 0 saturated heterocycles. The highest BCUT2D eigenvalue weighted by molar-refractivity contribution is 6.23. The summed E-state index contributed by atoms with van der Waals surface area (Å²) in [6, 6.07) is 6.05.